The van der Waals surface area contributed by atoms with Crippen molar-refractivity contribution in [2.75, 3.05) is 33.3 Å². The summed E-state index contributed by atoms with van der Waals surface area (Å²) < 4.78 is 5.61. The van der Waals surface area contributed by atoms with E-state index in [1.54, 1.807) is 0 Å². The average Bonchev–Trinajstić information content (AvgIpc) is 3.05. The van der Waals surface area contributed by atoms with Crippen molar-refractivity contribution in [2.45, 2.75) is 12.3 Å². The van der Waals surface area contributed by atoms with Gasteiger partial charge in [-0.2, -0.15) is 0 Å². The summed E-state index contributed by atoms with van der Waals surface area (Å²) in [5.41, 5.74) is 1.05. The van der Waals surface area contributed by atoms with E-state index in [1.165, 1.54) is 0 Å². The van der Waals surface area contributed by atoms with Gasteiger partial charge in [0, 0.05) is 18.7 Å². The molecule has 2 unspecified atom stereocenters. The van der Waals surface area contributed by atoms with Crippen LogP contribution in [0.3, 0.4) is 0 Å². The number of ether oxygens (including phenoxy) is 1. The highest BCUT2D eigenvalue weighted by molar-refractivity contribution is 5.85. The van der Waals surface area contributed by atoms with Crippen molar-refractivity contribution >= 4 is 5.91 Å². The number of para-hydroxylation sites is 1. The zero-order valence-electron chi connectivity index (χ0n) is 11.3. The Bertz CT molecular complexity index is 475. The largest absolute Gasteiger partial charge is 0.492 e. The molecule has 0 aromatic heterocycles. The minimum Gasteiger partial charge on any atom is -0.492 e. The summed E-state index contributed by atoms with van der Waals surface area (Å²) in [5, 5.41) is 3.19. The van der Waals surface area contributed by atoms with Gasteiger partial charge in [0.1, 0.15) is 18.3 Å². The van der Waals surface area contributed by atoms with E-state index in [0.717, 1.165) is 37.4 Å². The molecular formula is C15H20N2O2. The van der Waals surface area contributed by atoms with Crippen molar-refractivity contribution in [1.82, 2.24) is 10.2 Å². The number of carbonyl (C=O) groups is 1. The third-order valence-corrected chi connectivity index (χ3v) is 4.09. The van der Waals surface area contributed by atoms with Crippen LogP contribution < -0.4 is 10.1 Å². The molecule has 0 spiro atoms. The van der Waals surface area contributed by atoms with E-state index in [1.807, 2.05) is 36.2 Å². The van der Waals surface area contributed by atoms with Crippen molar-refractivity contribution in [1.29, 1.82) is 0 Å². The molecule has 1 fully saturated rings. The number of hydrogen-bond donors (Lipinski definition) is 1. The molecule has 2 aliphatic rings. The minimum absolute atomic E-state index is 0.107. The van der Waals surface area contributed by atoms with Crippen LogP contribution in [0.2, 0.25) is 0 Å². The maximum absolute atomic E-state index is 12.6. The Kier molecular flexibility index (Phi) is 3.42. The molecule has 4 nitrogen and oxygen atoms in total. The van der Waals surface area contributed by atoms with Crippen LogP contribution >= 0.6 is 0 Å². The van der Waals surface area contributed by atoms with Gasteiger partial charge in [0.2, 0.25) is 5.91 Å². The van der Waals surface area contributed by atoms with Crippen molar-refractivity contribution in [3.05, 3.63) is 29.8 Å². The molecule has 2 aliphatic heterocycles. The number of rotatable bonds is 3. The second-order valence-electron chi connectivity index (χ2n) is 5.40. The van der Waals surface area contributed by atoms with Gasteiger partial charge in [-0.1, -0.05) is 18.2 Å². The first-order valence-electron chi connectivity index (χ1n) is 6.94. The van der Waals surface area contributed by atoms with Crippen molar-refractivity contribution < 1.29 is 9.53 Å². The van der Waals surface area contributed by atoms with Crippen LogP contribution in [0.4, 0.5) is 0 Å². The number of amides is 1. The van der Waals surface area contributed by atoms with Crippen molar-refractivity contribution in [2.24, 2.45) is 5.92 Å². The van der Waals surface area contributed by atoms with Crippen LogP contribution in [0.25, 0.3) is 0 Å². The first-order valence-corrected chi connectivity index (χ1v) is 6.94. The second-order valence-corrected chi connectivity index (χ2v) is 5.40. The summed E-state index contributed by atoms with van der Waals surface area (Å²) in [7, 11) is 1.96. The summed E-state index contributed by atoms with van der Waals surface area (Å²) >= 11 is 0. The Morgan fingerprint density at radius 1 is 1.47 bits per heavy atom. The molecule has 19 heavy (non-hydrogen) atoms. The fourth-order valence-corrected chi connectivity index (χ4v) is 3.08. The molecule has 102 valence electrons. The van der Waals surface area contributed by atoms with Crippen LogP contribution in [-0.2, 0) is 4.79 Å². The first-order chi connectivity index (χ1) is 9.29. The molecule has 4 heteroatoms. The summed E-state index contributed by atoms with van der Waals surface area (Å²) in [5.74, 6) is 1.58. The van der Waals surface area contributed by atoms with Gasteiger partial charge in [-0.3, -0.25) is 4.79 Å². The third kappa shape index (κ3) is 2.32. The monoisotopic (exact) mass is 260 g/mol. The van der Waals surface area contributed by atoms with Crippen molar-refractivity contribution in [3.63, 3.8) is 0 Å². The van der Waals surface area contributed by atoms with E-state index < -0.39 is 0 Å². The topological polar surface area (TPSA) is 41.6 Å². The van der Waals surface area contributed by atoms with Crippen LogP contribution in [-0.4, -0.2) is 44.1 Å². The van der Waals surface area contributed by atoms with E-state index in [0.29, 0.717) is 12.5 Å². The highest BCUT2D eigenvalue weighted by Gasteiger charge is 2.35. The molecule has 3 rings (SSSR count). The average molecular weight is 260 g/mol. The first kappa shape index (κ1) is 12.5. The Balaban J connectivity index is 1.69. The highest BCUT2D eigenvalue weighted by atomic mass is 16.5. The lowest BCUT2D eigenvalue weighted by atomic mass is 10.00. The Labute approximate surface area is 113 Å². The smallest absolute Gasteiger partial charge is 0.233 e. The van der Waals surface area contributed by atoms with Gasteiger partial charge in [0.25, 0.3) is 0 Å². The summed E-state index contributed by atoms with van der Waals surface area (Å²) in [6.07, 6.45) is 1.10. The fraction of sp³-hybridized carbons (Fsp3) is 0.533. The van der Waals surface area contributed by atoms with Crippen molar-refractivity contribution in [3.8, 4) is 5.75 Å². The lowest BCUT2D eigenvalue weighted by molar-refractivity contribution is -0.132. The predicted molar refractivity (Wildman–Crippen MR) is 73.3 cm³/mol. The minimum atomic E-state index is -0.107. The molecule has 1 aromatic carbocycles. The van der Waals surface area contributed by atoms with E-state index >= 15 is 0 Å². The van der Waals surface area contributed by atoms with E-state index in [9.17, 15) is 4.79 Å². The van der Waals surface area contributed by atoms with Gasteiger partial charge < -0.3 is 15.0 Å². The Hall–Kier alpha value is -1.55. The van der Waals surface area contributed by atoms with Gasteiger partial charge in [-0.25, -0.2) is 0 Å². The SMILES string of the molecule is CNCC1CCN(C(=O)C2COc3ccccc32)C1. The zero-order valence-corrected chi connectivity index (χ0v) is 11.3. The highest BCUT2D eigenvalue weighted by Crippen LogP contribution is 2.35. The number of nitrogens with zero attached hydrogens (tertiary/aromatic N) is 1. The molecule has 2 heterocycles. The van der Waals surface area contributed by atoms with Gasteiger partial charge in [-0.15, -0.1) is 0 Å². The lowest BCUT2D eigenvalue weighted by Gasteiger charge is -2.20. The lowest BCUT2D eigenvalue weighted by Crippen LogP contribution is -2.34. The maximum Gasteiger partial charge on any atom is 0.233 e. The fourth-order valence-electron chi connectivity index (χ4n) is 3.08. The van der Waals surface area contributed by atoms with E-state index in [4.69, 9.17) is 4.74 Å². The number of benzene rings is 1. The molecule has 0 saturated carbocycles. The normalized spacial score (nSPS) is 25.2. The molecule has 0 radical (unpaired) electrons. The van der Waals surface area contributed by atoms with Crippen LogP contribution in [0.15, 0.2) is 24.3 Å². The molecular weight excluding hydrogens is 240 g/mol. The summed E-state index contributed by atoms with van der Waals surface area (Å²) in [6, 6.07) is 7.87. The number of nitrogens with one attached hydrogen (secondary N) is 1. The standard InChI is InChI=1S/C15H20N2O2/c1-16-8-11-6-7-17(9-11)15(18)13-10-19-14-5-3-2-4-12(13)14/h2-5,11,13,16H,6-10H2,1H3. The molecule has 0 bridgehead atoms. The van der Waals surface area contributed by atoms with Gasteiger partial charge in [0.15, 0.2) is 0 Å². The van der Waals surface area contributed by atoms with Crippen LogP contribution in [0.5, 0.6) is 5.75 Å². The predicted octanol–water partition coefficient (Wildman–Crippen LogP) is 1.23. The molecule has 2 atom stereocenters. The maximum atomic E-state index is 12.6. The van der Waals surface area contributed by atoms with Gasteiger partial charge in [0.05, 0.1) is 0 Å². The number of hydrogen-bond acceptors (Lipinski definition) is 3. The Morgan fingerprint density at radius 2 is 2.32 bits per heavy atom. The summed E-state index contributed by atoms with van der Waals surface area (Å²) in [4.78, 5) is 14.6. The zero-order chi connectivity index (χ0) is 13.2. The number of likely N-dealkylation sites (tertiary alicyclic amines) is 1. The van der Waals surface area contributed by atoms with Gasteiger partial charge >= 0.3 is 0 Å². The number of carbonyl (C=O) groups excluding carboxylic acids is 1. The van der Waals surface area contributed by atoms with Gasteiger partial charge in [-0.05, 0) is 32.0 Å². The summed E-state index contributed by atoms with van der Waals surface area (Å²) in [6.45, 7) is 3.23. The molecule has 1 N–H and O–H groups in total. The number of fused-ring (bicyclic) bond motifs is 1. The Morgan fingerprint density at radius 3 is 3.16 bits per heavy atom. The van der Waals surface area contributed by atoms with E-state index in [-0.39, 0.29) is 11.8 Å². The third-order valence-electron chi connectivity index (χ3n) is 4.09. The quantitative estimate of drug-likeness (QED) is 0.889. The molecule has 1 amide bonds. The second kappa shape index (κ2) is 5.21. The molecule has 0 aliphatic carbocycles. The van der Waals surface area contributed by atoms with Crippen LogP contribution in [0, 0.1) is 5.92 Å². The van der Waals surface area contributed by atoms with E-state index in [2.05, 4.69) is 5.32 Å². The van der Waals surface area contributed by atoms with Crippen LogP contribution in [0.1, 0.15) is 17.9 Å². The molecule has 1 aromatic rings. The molecule has 1 saturated heterocycles.